The molecule has 1 saturated heterocycles. The van der Waals surface area contributed by atoms with Crippen LogP contribution in [0.2, 0.25) is 10.0 Å². The molecular formula is C21H17Cl2N3O3S2. The van der Waals surface area contributed by atoms with Crippen LogP contribution in [0.15, 0.2) is 42.5 Å². The lowest BCUT2D eigenvalue weighted by Gasteiger charge is -2.27. The van der Waals surface area contributed by atoms with E-state index >= 15 is 0 Å². The van der Waals surface area contributed by atoms with Gasteiger partial charge in [-0.25, -0.2) is 0 Å². The first-order chi connectivity index (χ1) is 14.9. The fourth-order valence-electron chi connectivity index (χ4n) is 3.18. The fourth-order valence-corrected chi connectivity index (χ4v) is 4.96. The van der Waals surface area contributed by atoms with Crippen molar-refractivity contribution in [2.45, 2.75) is 0 Å². The summed E-state index contributed by atoms with van der Waals surface area (Å²) in [4.78, 5) is 27.5. The molecule has 0 radical (unpaired) electrons. The predicted molar refractivity (Wildman–Crippen MR) is 129 cm³/mol. The SMILES string of the molecule is O=C(NC(=S)Nc1cc(C(=O)N2CCOCC2)ccc1Cl)c1sc2ccccc2c1Cl. The molecule has 6 nitrogen and oxygen atoms in total. The van der Waals surface area contributed by atoms with Gasteiger partial charge in [0.05, 0.1) is 28.9 Å². The van der Waals surface area contributed by atoms with Gasteiger partial charge in [0.1, 0.15) is 4.88 Å². The van der Waals surface area contributed by atoms with Crippen molar-refractivity contribution in [1.82, 2.24) is 10.2 Å². The highest BCUT2D eigenvalue weighted by Gasteiger charge is 2.21. The third-order valence-corrected chi connectivity index (χ3v) is 6.94. The molecule has 0 aliphatic carbocycles. The minimum Gasteiger partial charge on any atom is -0.378 e. The molecule has 2 N–H and O–H groups in total. The van der Waals surface area contributed by atoms with E-state index in [2.05, 4.69) is 10.6 Å². The normalized spacial score (nSPS) is 13.8. The maximum Gasteiger partial charge on any atom is 0.269 e. The van der Waals surface area contributed by atoms with E-state index in [1.54, 1.807) is 23.1 Å². The van der Waals surface area contributed by atoms with Crippen LogP contribution in [0.3, 0.4) is 0 Å². The minimum atomic E-state index is -0.416. The number of carbonyl (C=O) groups is 2. The van der Waals surface area contributed by atoms with Crippen LogP contribution in [-0.2, 0) is 4.74 Å². The average Bonchev–Trinajstić information content (AvgIpc) is 3.12. The van der Waals surface area contributed by atoms with Crippen LogP contribution in [0.5, 0.6) is 0 Å². The summed E-state index contributed by atoms with van der Waals surface area (Å²) in [5, 5.41) is 7.14. The summed E-state index contributed by atoms with van der Waals surface area (Å²) in [6.45, 7) is 2.10. The summed E-state index contributed by atoms with van der Waals surface area (Å²) >= 11 is 19.2. The second-order valence-corrected chi connectivity index (χ2v) is 8.99. The smallest absolute Gasteiger partial charge is 0.269 e. The Morgan fingerprint density at radius 1 is 1.10 bits per heavy atom. The third-order valence-electron chi connectivity index (χ3n) is 4.73. The van der Waals surface area contributed by atoms with E-state index in [-0.39, 0.29) is 11.0 Å². The number of morpholine rings is 1. The van der Waals surface area contributed by atoms with Gasteiger partial charge >= 0.3 is 0 Å². The minimum absolute atomic E-state index is 0.0522. The number of nitrogens with one attached hydrogen (secondary N) is 2. The van der Waals surface area contributed by atoms with Crippen LogP contribution in [0.1, 0.15) is 20.0 Å². The molecule has 0 spiro atoms. The van der Waals surface area contributed by atoms with E-state index in [0.717, 1.165) is 10.1 Å². The molecule has 1 aliphatic heterocycles. The van der Waals surface area contributed by atoms with Crippen LogP contribution >= 0.6 is 46.8 Å². The predicted octanol–water partition coefficient (Wildman–Crippen LogP) is 4.81. The number of thiocarbonyl (C=S) groups is 1. The number of halogens is 2. The summed E-state index contributed by atoms with van der Waals surface area (Å²) in [6.07, 6.45) is 0. The lowest BCUT2D eigenvalue weighted by atomic mass is 10.1. The van der Waals surface area contributed by atoms with Crippen LogP contribution in [0, 0.1) is 0 Å². The van der Waals surface area contributed by atoms with Gasteiger partial charge in [-0.05, 0) is 36.5 Å². The first kappa shape index (κ1) is 22.0. The Bertz CT molecular complexity index is 1180. The molecule has 2 aromatic carbocycles. The number of ether oxygens (including phenoxy) is 1. The number of thiophene rings is 1. The molecule has 2 heterocycles. The van der Waals surface area contributed by atoms with E-state index in [4.69, 9.17) is 40.2 Å². The summed E-state index contributed by atoms with van der Waals surface area (Å²) in [5.74, 6) is -0.532. The Morgan fingerprint density at radius 3 is 2.58 bits per heavy atom. The summed E-state index contributed by atoms with van der Waals surface area (Å²) in [7, 11) is 0. The van der Waals surface area contributed by atoms with Gasteiger partial charge in [0.25, 0.3) is 11.8 Å². The third kappa shape index (κ3) is 4.83. The zero-order valence-electron chi connectivity index (χ0n) is 16.1. The Morgan fingerprint density at radius 2 is 1.84 bits per heavy atom. The van der Waals surface area contributed by atoms with Crippen molar-refractivity contribution in [3.63, 3.8) is 0 Å². The molecule has 160 valence electrons. The van der Waals surface area contributed by atoms with Crippen molar-refractivity contribution in [1.29, 1.82) is 0 Å². The van der Waals surface area contributed by atoms with E-state index in [0.29, 0.717) is 52.5 Å². The zero-order valence-corrected chi connectivity index (χ0v) is 19.3. The van der Waals surface area contributed by atoms with Crippen molar-refractivity contribution in [2.24, 2.45) is 0 Å². The van der Waals surface area contributed by atoms with Crippen molar-refractivity contribution in [3.05, 3.63) is 63.0 Å². The highest BCUT2D eigenvalue weighted by molar-refractivity contribution is 7.80. The second-order valence-electron chi connectivity index (χ2n) is 6.75. The molecule has 1 aromatic heterocycles. The molecule has 4 rings (SSSR count). The lowest BCUT2D eigenvalue weighted by Crippen LogP contribution is -2.40. The number of hydrogen-bond donors (Lipinski definition) is 2. The number of carbonyl (C=O) groups excluding carboxylic acids is 2. The molecule has 1 aliphatic rings. The van der Waals surface area contributed by atoms with Gasteiger partial charge in [0.15, 0.2) is 5.11 Å². The van der Waals surface area contributed by atoms with E-state index in [1.165, 1.54) is 11.3 Å². The molecule has 0 atom stereocenters. The number of amides is 2. The quantitative estimate of drug-likeness (QED) is 0.512. The van der Waals surface area contributed by atoms with Gasteiger partial charge in [-0.1, -0.05) is 41.4 Å². The molecule has 2 amide bonds. The molecule has 1 fully saturated rings. The summed E-state index contributed by atoms with van der Waals surface area (Å²) in [5.41, 5.74) is 0.893. The fraction of sp³-hybridized carbons (Fsp3) is 0.190. The van der Waals surface area contributed by atoms with Crippen LogP contribution in [-0.4, -0.2) is 48.1 Å². The van der Waals surface area contributed by atoms with Gasteiger partial charge in [-0.15, -0.1) is 11.3 Å². The first-order valence-electron chi connectivity index (χ1n) is 9.40. The lowest BCUT2D eigenvalue weighted by molar-refractivity contribution is 0.0303. The zero-order chi connectivity index (χ0) is 22.0. The molecular weight excluding hydrogens is 477 g/mol. The standard InChI is InChI=1S/C21H17Cl2N3O3S2/c22-14-6-5-12(20(28)26-7-9-29-10-8-26)11-15(14)24-21(30)25-19(27)18-17(23)13-3-1-2-4-16(13)31-18/h1-6,11H,7-10H2,(H2,24,25,27,30). The Hall–Kier alpha value is -2.23. The van der Waals surface area contributed by atoms with Gasteiger partial charge in [-0.3, -0.25) is 14.9 Å². The molecule has 0 unspecified atom stereocenters. The number of benzene rings is 2. The Balaban J connectivity index is 1.47. The molecule has 0 saturated carbocycles. The monoisotopic (exact) mass is 493 g/mol. The molecule has 31 heavy (non-hydrogen) atoms. The Kier molecular flexibility index (Phi) is 6.74. The number of hydrogen-bond acceptors (Lipinski definition) is 5. The highest BCUT2D eigenvalue weighted by Crippen LogP contribution is 2.35. The Labute approximate surface area is 198 Å². The largest absolute Gasteiger partial charge is 0.378 e. The van der Waals surface area contributed by atoms with E-state index in [9.17, 15) is 9.59 Å². The second kappa shape index (κ2) is 9.50. The maximum absolute atomic E-state index is 12.7. The molecule has 0 bridgehead atoms. The van der Waals surface area contributed by atoms with Crippen molar-refractivity contribution < 1.29 is 14.3 Å². The molecule has 3 aromatic rings. The number of nitrogens with zero attached hydrogens (tertiary/aromatic N) is 1. The van der Waals surface area contributed by atoms with Crippen molar-refractivity contribution >= 4 is 79.5 Å². The van der Waals surface area contributed by atoms with Crippen LogP contribution in [0.25, 0.3) is 10.1 Å². The van der Waals surface area contributed by atoms with Gasteiger partial charge in [-0.2, -0.15) is 0 Å². The van der Waals surface area contributed by atoms with Crippen molar-refractivity contribution in [2.75, 3.05) is 31.6 Å². The van der Waals surface area contributed by atoms with Gasteiger partial charge in [0.2, 0.25) is 0 Å². The van der Waals surface area contributed by atoms with Crippen LogP contribution < -0.4 is 10.6 Å². The van der Waals surface area contributed by atoms with E-state index < -0.39 is 5.91 Å². The highest BCUT2D eigenvalue weighted by atomic mass is 35.5. The van der Waals surface area contributed by atoms with Crippen molar-refractivity contribution in [3.8, 4) is 0 Å². The van der Waals surface area contributed by atoms with E-state index in [1.807, 2.05) is 24.3 Å². The number of rotatable bonds is 3. The topological polar surface area (TPSA) is 70.7 Å². The number of fused-ring (bicyclic) bond motifs is 1. The summed E-state index contributed by atoms with van der Waals surface area (Å²) < 4.78 is 6.20. The summed E-state index contributed by atoms with van der Waals surface area (Å²) in [6, 6.07) is 12.4. The van der Waals surface area contributed by atoms with Crippen LogP contribution in [0.4, 0.5) is 5.69 Å². The average molecular weight is 494 g/mol. The first-order valence-corrected chi connectivity index (χ1v) is 11.4. The van der Waals surface area contributed by atoms with Gasteiger partial charge in [0, 0.05) is 28.7 Å². The maximum atomic E-state index is 12.7. The molecule has 10 heteroatoms. The van der Waals surface area contributed by atoms with Gasteiger partial charge < -0.3 is 15.0 Å². The number of anilines is 1.